The first-order valence-corrected chi connectivity index (χ1v) is 5.20. The van der Waals surface area contributed by atoms with Gasteiger partial charge in [0.05, 0.1) is 12.2 Å². The zero-order valence-electron chi connectivity index (χ0n) is 8.53. The number of nitrogens with zero attached hydrogens (tertiary/aromatic N) is 1. The van der Waals surface area contributed by atoms with Gasteiger partial charge in [0.1, 0.15) is 0 Å². The fraction of sp³-hybridized carbons (Fsp3) is 0.600. The molecule has 0 bridgehead atoms. The topological polar surface area (TPSA) is 67.0 Å². The van der Waals surface area contributed by atoms with Gasteiger partial charge in [0.15, 0.2) is 0 Å². The Morgan fingerprint density at radius 3 is 3.07 bits per heavy atom. The summed E-state index contributed by atoms with van der Waals surface area (Å²) in [7, 11) is 0. The maximum absolute atomic E-state index is 11.7. The van der Waals surface area contributed by atoms with E-state index in [1.165, 1.54) is 0 Å². The molecule has 0 aliphatic carbocycles. The largest absolute Gasteiger partial charge is 0.381 e. The number of aromatic nitrogens is 2. The van der Waals surface area contributed by atoms with Gasteiger partial charge in [-0.05, 0) is 18.9 Å². The highest BCUT2D eigenvalue weighted by molar-refractivity contribution is 5.78. The lowest BCUT2D eigenvalue weighted by atomic mass is 9.99. The average Bonchev–Trinajstić information content (AvgIpc) is 2.80. The van der Waals surface area contributed by atoms with Crippen molar-refractivity contribution in [3.63, 3.8) is 0 Å². The summed E-state index contributed by atoms with van der Waals surface area (Å²) in [5.74, 6) is 0.231. The Morgan fingerprint density at radius 2 is 2.40 bits per heavy atom. The molecule has 0 spiro atoms. The second kappa shape index (κ2) is 4.93. The smallest absolute Gasteiger partial charge is 0.223 e. The highest BCUT2D eigenvalue weighted by atomic mass is 16.5. The first-order valence-electron chi connectivity index (χ1n) is 5.20. The van der Waals surface area contributed by atoms with Crippen molar-refractivity contribution in [2.75, 3.05) is 13.2 Å². The molecule has 1 aliphatic rings. The second-order valence-electron chi connectivity index (χ2n) is 3.69. The SMILES string of the molecule is O=C(NCc1ccn[nH]1)C1CCOCC1. The number of ether oxygens (including phenoxy) is 1. The molecule has 0 atom stereocenters. The lowest BCUT2D eigenvalue weighted by Crippen LogP contribution is -2.33. The third-order valence-electron chi connectivity index (χ3n) is 2.60. The van der Waals surface area contributed by atoms with Crippen LogP contribution in [0.15, 0.2) is 12.3 Å². The molecule has 1 aromatic heterocycles. The first kappa shape index (κ1) is 10.2. The van der Waals surface area contributed by atoms with Gasteiger partial charge in [-0.1, -0.05) is 0 Å². The normalized spacial score (nSPS) is 17.6. The molecule has 1 aliphatic heterocycles. The van der Waals surface area contributed by atoms with E-state index in [4.69, 9.17) is 4.74 Å². The Hall–Kier alpha value is -1.36. The Kier molecular flexibility index (Phi) is 3.34. The molecule has 0 radical (unpaired) electrons. The summed E-state index contributed by atoms with van der Waals surface area (Å²) in [6, 6.07) is 1.85. The van der Waals surface area contributed by atoms with Crippen LogP contribution in [0.1, 0.15) is 18.5 Å². The van der Waals surface area contributed by atoms with Crippen molar-refractivity contribution in [3.8, 4) is 0 Å². The van der Waals surface area contributed by atoms with Crippen LogP contribution in [0.3, 0.4) is 0 Å². The van der Waals surface area contributed by atoms with Crippen LogP contribution in [-0.4, -0.2) is 29.3 Å². The Balaban J connectivity index is 1.76. The number of aromatic amines is 1. The van der Waals surface area contributed by atoms with Crippen LogP contribution in [0.2, 0.25) is 0 Å². The van der Waals surface area contributed by atoms with Crippen LogP contribution in [0.5, 0.6) is 0 Å². The quantitative estimate of drug-likeness (QED) is 0.759. The van der Waals surface area contributed by atoms with Gasteiger partial charge in [-0.2, -0.15) is 5.10 Å². The summed E-state index contributed by atoms with van der Waals surface area (Å²) in [6.07, 6.45) is 3.33. The summed E-state index contributed by atoms with van der Waals surface area (Å²) in [6.45, 7) is 1.92. The van der Waals surface area contributed by atoms with Gasteiger partial charge in [0, 0.05) is 25.3 Å². The Bertz CT molecular complexity index is 304. The fourth-order valence-electron chi connectivity index (χ4n) is 1.67. The van der Waals surface area contributed by atoms with E-state index in [0.29, 0.717) is 19.8 Å². The molecule has 15 heavy (non-hydrogen) atoms. The van der Waals surface area contributed by atoms with Crippen molar-refractivity contribution in [2.24, 2.45) is 5.92 Å². The predicted octanol–water partition coefficient (Wildman–Crippen LogP) is 0.452. The van der Waals surface area contributed by atoms with Crippen molar-refractivity contribution in [1.82, 2.24) is 15.5 Å². The number of amides is 1. The van der Waals surface area contributed by atoms with Crippen LogP contribution >= 0.6 is 0 Å². The van der Waals surface area contributed by atoms with Crippen molar-refractivity contribution in [3.05, 3.63) is 18.0 Å². The van der Waals surface area contributed by atoms with Gasteiger partial charge >= 0.3 is 0 Å². The van der Waals surface area contributed by atoms with E-state index in [0.717, 1.165) is 18.5 Å². The van der Waals surface area contributed by atoms with Crippen LogP contribution < -0.4 is 5.32 Å². The molecule has 1 fully saturated rings. The average molecular weight is 209 g/mol. The Labute approximate surface area is 88.2 Å². The van der Waals surface area contributed by atoms with Gasteiger partial charge in [-0.25, -0.2) is 0 Å². The summed E-state index contributed by atoms with van der Waals surface area (Å²) in [5.41, 5.74) is 0.926. The zero-order valence-corrected chi connectivity index (χ0v) is 8.53. The molecule has 0 aromatic carbocycles. The molecule has 0 unspecified atom stereocenters. The minimum atomic E-state index is 0.113. The van der Waals surface area contributed by atoms with Crippen molar-refractivity contribution >= 4 is 5.91 Å². The molecule has 1 amide bonds. The molecular formula is C10H15N3O2. The van der Waals surface area contributed by atoms with Gasteiger partial charge in [0.2, 0.25) is 5.91 Å². The molecule has 2 N–H and O–H groups in total. The van der Waals surface area contributed by atoms with Crippen LogP contribution in [-0.2, 0) is 16.1 Å². The monoisotopic (exact) mass is 209 g/mol. The summed E-state index contributed by atoms with van der Waals surface area (Å²) >= 11 is 0. The molecule has 1 aromatic rings. The van der Waals surface area contributed by atoms with E-state index in [-0.39, 0.29) is 11.8 Å². The Morgan fingerprint density at radius 1 is 1.60 bits per heavy atom. The van der Waals surface area contributed by atoms with Gasteiger partial charge in [-0.3, -0.25) is 9.89 Å². The molecule has 82 valence electrons. The molecule has 2 rings (SSSR count). The number of carbonyl (C=O) groups is 1. The van der Waals surface area contributed by atoms with Crippen LogP contribution in [0.4, 0.5) is 0 Å². The lowest BCUT2D eigenvalue weighted by molar-refractivity contribution is -0.128. The highest BCUT2D eigenvalue weighted by Gasteiger charge is 2.20. The van der Waals surface area contributed by atoms with Crippen molar-refractivity contribution in [2.45, 2.75) is 19.4 Å². The number of hydrogen-bond donors (Lipinski definition) is 2. The van der Waals surface area contributed by atoms with Crippen LogP contribution in [0, 0.1) is 5.92 Å². The van der Waals surface area contributed by atoms with E-state index in [9.17, 15) is 4.79 Å². The summed E-state index contributed by atoms with van der Waals surface area (Å²) < 4.78 is 5.20. The van der Waals surface area contributed by atoms with E-state index in [2.05, 4.69) is 15.5 Å². The van der Waals surface area contributed by atoms with Gasteiger partial charge in [-0.15, -0.1) is 0 Å². The predicted molar refractivity (Wildman–Crippen MR) is 54.0 cm³/mol. The minimum absolute atomic E-state index is 0.113. The molecule has 5 heteroatoms. The van der Waals surface area contributed by atoms with E-state index in [1.54, 1.807) is 6.20 Å². The first-order chi connectivity index (χ1) is 7.36. The van der Waals surface area contributed by atoms with Crippen molar-refractivity contribution in [1.29, 1.82) is 0 Å². The van der Waals surface area contributed by atoms with E-state index in [1.807, 2.05) is 6.07 Å². The van der Waals surface area contributed by atoms with Gasteiger partial charge < -0.3 is 10.1 Å². The van der Waals surface area contributed by atoms with Crippen LogP contribution in [0.25, 0.3) is 0 Å². The minimum Gasteiger partial charge on any atom is -0.381 e. The number of H-pyrrole nitrogens is 1. The number of hydrogen-bond acceptors (Lipinski definition) is 3. The molecular weight excluding hydrogens is 194 g/mol. The van der Waals surface area contributed by atoms with Gasteiger partial charge in [0.25, 0.3) is 0 Å². The van der Waals surface area contributed by atoms with E-state index >= 15 is 0 Å². The lowest BCUT2D eigenvalue weighted by Gasteiger charge is -2.20. The maximum atomic E-state index is 11.7. The molecule has 5 nitrogen and oxygen atoms in total. The second-order valence-corrected chi connectivity index (χ2v) is 3.69. The highest BCUT2D eigenvalue weighted by Crippen LogP contribution is 2.14. The number of rotatable bonds is 3. The molecule has 1 saturated heterocycles. The fourth-order valence-corrected chi connectivity index (χ4v) is 1.67. The summed E-state index contributed by atoms with van der Waals surface area (Å²) in [4.78, 5) is 11.7. The maximum Gasteiger partial charge on any atom is 0.223 e. The third-order valence-corrected chi connectivity index (χ3v) is 2.60. The standard InChI is InChI=1S/C10H15N3O2/c14-10(8-2-5-15-6-3-8)11-7-9-1-4-12-13-9/h1,4,8H,2-3,5-7H2,(H,11,14)(H,12,13). The number of nitrogens with one attached hydrogen (secondary N) is 2. The molecule has 2 heterocycles. The van der Waals surface area contributed by atoms with E-state index < -0.39 is 0 Å². The zero-order chi connectivity index (χ0) is 10.5. The summed E-state index contributed by atoms with van der Waals surface area (Å²) in [5, 5.41) is 9.51. The molecule has 0 saturated carbocycles. The van der Waals surface area contributed by atoms with Crippen molar-refractivity contribution < 1.29 is 9.53 Å². The third kappa shape index (κ3) is 2.79. The number of carbonyl (C=O) groups excluding carboxylic acids is 1.